The summed E-state index contributed by atoms with van der Waals surface area (Å²) in [6, 6.07) is 5.53. The molecule has 0 bridgehead atoms. The van der Waals surface area contributed by atoms with Gasteiger partial charge in [0.05, 0.1) is 13.2 Å². The van der Waals surface area contributed by atoms with Crippen LogP contribution in [0.25, 0.3) is 0 Å². The average molecular weight is 274 g/mol. The van der Waals surface area contributed by atoms with Crippen molar-refractivity contribution in [1.29, 1.82) is 0 Å². The van der Waals surface area contributed by atoms with Gasteiger partial charge in [0.1, 0.15) is 0 Å². The molecule has 1 aromatic rings. The van der Waals surface area contributed by atoms with E-state index in [0.29, 0.717) is 22.6 Å². The summed E-state index contributed by atoms with van der Waals surface area (Å²) in [4.78, 5) is 0. The summed E-state index contributed by atoms with van der Waals surface area (Å²) < 4.78 is 5.71. The molecule has 0 saturated carbocycles. The van der Waals surface area contributed by atoms with Crippen molar-refractivity contribution in [3.8, 4) is 0 Å². The van der Waals surface area contributed by atoms with Gasteiger partial charge in [-0.15, -0.1) is 0 Å². The van der Waals surface area contributed by atoms with E-state index >= 15 is 0 Å². The van der Waals surface area contributed by atoms with Crippen molar-refractivity contribution in [3.05, 3.63) is 33.8 Å². The minimum Gasteiger partial charge on any atom is -0.376 e. The molecule has 94 valence electrons. The Morgan fingerprint density at radius 2 is 2.06 bits per heavy atom. The van der Waals surface area contributed by atoms with Crippen molar-refractivity contribution in [2.45, 2.75) is 19.4 Å². The number of hydrogen-bond donors (Lipinski definition) is 1. The minimum atomic E-state index is 0.495. The Morgan fingerprint density at radius 1 is 1.29 bits per heavy atom. The van der Waals surface area contributed by atoms with E-state index in [0.717, 1.165) is 25.3 Å². The SMILES string of the molecule is Clc1cccc(Cl)c1COC[C@H]1CCCNC1. The zero-order valence-electron chi connectivity index (χ0n) is 9.72. The fraction of sp³-hybridized carbons (Fsp3) is 0.538. The lowest BCUT2D eigenvalue weighted by Crippen LogP contribution is -2.32. The third-order valence-corrected chi connectivity index (χ3v) is 3.77. The quantitative estimate of drug-likeness (QED) is 0.907. The molecule has 0 aliphatic carbocycles. The Balaban J connectivity index is 1.81. The second kappa shape index (κ2) is 6.60. The van der Waals surface area contributed by atoms with Gasteiger partial charge >= 0.3 is 0 Å². The second-order valence-electron chi connectivity index (χ2n) is 4.43. The fourth-order valence-electron chi connectivity index (χ4n) is 2.06. The summed E-state index contributed by atoms with van der Waals surface area (Å²) in [5, 5.41) is 4.73. The first-order valence-corrected chi connectivity index (χ1v) is 6.74. The van der Waals surface area contributed by atoms with Gasteiger partial charge in [-0.25, -0.2) is 0 Å². The van der Waals surface area contributed by atoms with Crippen LogP contribution in [0.3, 0.4) is 0 Å². The zero-order chi connectivity index (χ0) is 12.1. The van der Waals surface area contributed by atoms with Crippen molar-refractivity contribution < 1.29 is 4.74 Å². The maximum atomic E-state index is 6.07. The van der Waals surface area contributed by atoms with Crippen LogP contribution in [-0.2, 0) is 11.3 Å². The van der Waals surface area contributed by atoms with Gasteiger partial charge in [-0.2, -0.15) is 0 Å². The Bertz CT molecular complexity index is 344. The molecule has 0 unspecified atom stereocenters. The molecule has 1 aromatic carbocycles. The molecule has 1 aliphatic heterocycles. The van der Waals surface area contributed by atoms with Crippen LogP contribution in [0.1, 0.15) is 18.4 Å². The zero-order valence-corrected chi connectivity index (χ0v) is 11.2. The van der Waals surface area contributed by atoms with Crippen LogP contribution in [0.5, 0.6) is 0 Å². The van der Waals surface area contributed by atoms with Crippen molar-refractivity contribution >= 4 is 23.2 Å². The van der Waals surface area contributed by atoms with Crippen LogP contribution in [0.2, 0.25) is 10.0 Å². The average Bonchev–Trinajstić information content (AvgIpc) is 2.34. The maximum Gasteiger partial charge on any atom is 0.0746 e. The number of nitrogens with one attached hydrogen (secondary N) is 1. The molecule has 1 heterocycles. The highest BCUT2D eigenvalue weighted by Crippen LogP contribution is 2.25. The van der Waals surface area contributed by atoms with Gasteiger partial charge < -0.3 is 10.1 Å². The van der Waals surface area contributed by atoms with Crippen LogP contribution in [0.15, 0.2) is 18.2 Å². The molecule has 0 spiro atoms. The van der Waals surface area contributed by atoms with Gasteiger partial charge in [-0.1, -0.05) is 29.3 Å². The third kappa shape index (κ3) is 3.85. The lowest BCUT2D eigenvalue weighted by atomic mass is 10.0. The first kappa shape index (κ1) is 13.2. The highest BCUT2D eigenvalue weighted by Gasteiger charge is 2.13. The lowest BCUT2D eigenvalue weighted by molar-refractivity contribution is 0.0784. The summed E-state index contributed by atoms with van der Waals surface area (Å²) in [5.74, 6) is 0.616. The summed E-state index contributed by atoms with van der Waals surface area (Å²) in [7, 11) is 0. The molecule has 0 amide bonds. The van der Waals surface area contributed by atoms with Gasteiger partial charge in [-0.3, -0.25) is 0 Å². The number of ether oxygens (including phenoxy) is 1. The molecular weight excluding hydrogens is 257 g/mol. The molecular formula is C13H17Cl2NO. The first-order valence-electron chi connectivity index (χ1n) is 5.98. The third-order valence-electron chi connectivity index (χ3n) is 3.06. The Kier molecular flexibility index (Phi) is 5.11. The van der Waals surface area contributed by atoms with E-state index in [9.17, 15) is 0 Å². The smallest absolute Gasteiger partial charge is 0.0746 e. The standard InChI is InChI=1S/C13H17Cl2NO/c14-12-4-1-5-13(15)11(12)9-17-8-10-3-2-6-16-7-10/h1,4-5,10,16H,2-3,6-9H2/t10-/m0/s1. The first-order chi connectivity index (χ1) is 8.27. The molecule has 2 rings (SSSR count). The minimum absolute atomic E-state index is 0.495. The summed E-state index contributed by atoms with van der Waals surface area (Å²) >= 11 is 12.1. The predicted octanol–water partition coefficient (Wildman–Crippen LogP) is 3.51. The molecule has 0 aromatic heterocycles. The monoisotopic (exact) mass is 273 g/mol. The van der Waals surface area contributed by atoms with E-state index in [-0.39, 0.29) is 0 Å². The van der Waals surface area contributed by atoms with E-state index < -0.39 is 0 Å². The summed E-state index contributed by atoms with van der Waals surface area (Å²) in [6.45, 7) is 3.45. The van der Waals surface area contributed by atoms with Crippen molar-refractivity contribution in [2.24, 2.45) is 5.92 Å². The van der Waals surface area contributed by atoms with Crippen molar-refractivity contribution in [1.82, 2.24) is 5.32 Å². The van der Waals surface area contributed by atoms with Crippen molar-refractivity contribution in [2.75, 3.05) is 19.7 Å². The van der Waals surface area contributed by atoms with E-state index in [1.807, 2.05) is 18.2 Å². The van der Waals surface area contributed by atoms with Crippen LogP contribution < -0.4 is 5.32 Å². The number of hydrogen-bond acceptors (Lipinski definition) is 2. The van der Waals surface area contributed by atoms with E-state index in [1.165, 1.54) is 12.8 Å². The highest BCUT2D eigenvalue weighted by atomic mass is 35.5. The molecule has 1 atom stereocenters. The molecule has 1 saturated heterocycles. The lowest BCUT2D eigenvalue weighted by Gasteiger charge is -2.22. The Morgan fingerprint density at radius 3 is 2.71 bits per heavy atom. The fourth-order valence-corrected chi connectivity index (χ4v) is 2.57. The highest BCUT2D eigenvalue weighted by molar-refractivity contribution is 6.35. The van der Waals surface area contributed by atoms with Crippen molar-refractivity contribution in [3.63, 3.8) is 0 Å². The number of rotatable bonds is 4. The molecule has 1 fully saturated rings. The number of halogens is 2. The van der Waals surface area contributed by atoms with E-state index in [4.69, 9.17) is 27.9 Å². The van der Waals surface area contributed by atoms with Crippen LogP contribution in [0, 0.1) is 5.92 Å². The van der Waals surface area contributed by atoms with Crippen LogP contribution >= 0.6 is 23.2 Å². The Labute approximate surface area is 112 Å². The van der Waals surface area contributed by atoms with E-state index in [1.54, 1.807) is 0 Å². The largest absolute Gasteiger partial charge is 0.376 e. The van der Waals surface area contributed by atoms with Gasteiger partial charge in [-0.05, 0) is 37.4 Å². The molecule has 0 radical (unpaired) electrons. The molecule has 2 nitrogen and oxygen atoms in total. The molecule has 17 heavy (non-hydrogen) atoms. The Hall–Kier alpha value is -0.280. The summed E-state index contributed by atoms with van der Waals surface area (Å²) in [6.07, 6.45) is 2.48. The van der Waals surface area contributed by atoms with Crippen LogP contribution in [-0.4, -0.2) is 19.7 Å². The molecule has 1 aliphatic rings. The molecule has 1 N–H and O–H groups in total. The van der Waals surface area contributed by atoms with E-state index in [2.05, 4.69) is 5.32 Å². The van der Waals surface area contributed by atoms with Gasteiger partial charge in [0, 0.05) is 22.2 Å². The number of piperidine rings is 1. The number of benzene rings is 1. The second-order valence-corrected chi connectivity index (χ2v) is 5.24. The normalized spacial score (nSPS) is 20.5. The van der Waals surface area contributed by atoms with Gasteiger partial charge in [0.25, 0.3) is 0 Å². The topological polar surface area (TPSA) is 21.3 Å². The molecule has 4 heteroatoms. The maximum absolute atomic E-state index is 6.07. The van der Waals surface area contributed by atoms with Gasteiger partial charge in [0.15, 0.2) is 0 Å². The predicted molar refractivity (Wildman–Crippen MR) is 71.7 cm³/mol. The summed E-state index contributed by atoms with van der Waals surface area (Å²) in [5.41, 5.74) is 0.889. The van der Waals surface area contributed by atoms with Gasteiger partial charge in [0.2, 0.25) is 0 Å². The van der Waals surface area contributed by atoms with Crippen LogP contribution in [0.4, 0.5) is 0 Å².